The topological polar surface area (TPSA) is 171 Å². The van der Waals surface area contributed by atoms with Crippen molar-refractivity contribution < 1.29 is 40.5 Å². The summed E-state index contributed by atoms with van der Waals surface area (Å²) < 4.78 is 0. The van der Waals surface area contributed by atoms with Crippen LogP contribution in [0.4, 0.5) is 0 Å². The average molecular weight is 359 g/mol. The Balaban J connectivity index is 0.000000462. The van der Waals surface area contributed by atoms with Crippen LogP contribution in [0, 0.1) is 0 Å². The van der Waals surface area contributed by atoms with Gasteiger partial charge in [-0.15, -0.1) is 0 Å². The van der Waals surface area contributed by atoms with Crippen molar-refractivity contribution in [2.75, 3.05) is 20.2 Å². The molecule has 1 aromatic carbocycles. The van der Waals surface area contributed by atoms with Crippen molar-refractivity contribution in [3.63, 3.8) is 0 Å². The summed E-state index contributed by atoms with van der Waals surface area (Å²) >= 11 is 0. The van der Waals surface area contributed by atoms with Gasteiger partial charge in [-0.25, -0.2) is 4.79 Å². The van der Waals surface area contributed by atoms with E-state index in [0.29, 0.717) is 5.56 Å². The van der Waals surface area contributed by atoms with Crippen molar-refractivity contribution in [3.05, 3.63) is 41.7 Å². The molecule has 0 aliphatic rings. The van der Waals surface area contributed by atoms with Crippen LogP contribution in [0.1, 0.15) is 5.56 Å². The fourth-order valence-electron chi connectivity index (χ4n) is 1.66. The minimum absolute atomic E-state index is 0.0936. The first-order valence-corrected chi connectivity index (χ1v) is 7.41. The molecule has 9 nitrogen and oxygen atoms in total. The second-order valence-electron chi connectivity index (χ2n) is 5.10. The number of rotatable bonds is 8. The van der Waals surface area contributed by atoms with Crippen LogP contribution < -0.4 is 5.32 Å². The first-order valence-electron chi connectivity index (χ1n) is 7.41. The third-order valence-electron chi connectivity index (χ3n) is 3.06. The van der Waals surface area contributed by atoms with E-state index in [1.165, 1.54) is 6.08 Å². The fraction of sp³-hybridized carbons (Fsp3) is 0.438. The quantitative estimate of drug-likeness (QED) is 0.199. The lowest BCUT2D eigenvalue weighted by atomic mass is 10.0. The molecule has 0 fully saturated rings. The third-order valence-corrected chi connectivity index (χ3v) is 3.06. The fourth-order valence-corrected chi connectivity index (χ4v) is 1.66. The van der Waals surface area contributed by atoms with Gasteiger partial charge in [0.1, 0.15) is 18.3 Å². The van der Waals surface area contributed by atoms with Gasteiger partial charge in [0.05, 0.1) is 12.7 Å². The summed E-state index contributed by atoms with van der Waals surface area (Å²) in [4.78, 5) is 10.2. The predicted molar refractivity (Wildman–Crippen MR) is 89.7 cm³/mol. The van der Waals surface area contributed by atoms with Crippen LogP contribution >= 0.6 is 0 Å². The second-order valence-corrected chi connectivity index (χ2v) is 5.10. The van der Waals surface area contributed by atoms with E-state index in [1.54, 1.807) is 31.3 Å². The van der Waals surface area contributed by atoms with Gasteiger partial charge < -0.3 is 41.1 Å². The lowest BCUT2D eigenvalue weighted by Crippen LogP contribution is -2.48. The molecule has 142 valence electrons. The SMILES string of the molecule is CNC[C@H](O)[C@@H](O)[C@H](O)[C@H](O)CO.O=C(O)C(O)=Cc1ccccc1. The van der Waals surface area contributed by atoms with Crippen LogP contribution in [0.15, 0.2) is 36.1 Å². The van der Waals surface area contributed by atoms with E-state index < -0.39 is 42.8 Å². The van der Waals surface area contributed by atoms with Gasteiger partial charge in [-0.1, -0.05) is 30.3 Å². The molecule has 0 unspecified atom stereocenters. The van der Waals surface area contributed by atoms with Crippen molar-refractivity contribution in [1.82, 2.24) is 5.32 Å². The van der Waals surface area contributed by atoms with E-state index in [1.807, 2.05) is 6.07 Å². The lowest BCUT2D eigenvalue weighted by molar-refractivity contribution is -0.135. The van der Waals surface area contributed by atoms with Crippen molar-refractivity contribution in [1.29, 1.82) is 0 Å². The number of aliphatic hydroxyl groups is 6. The van der Waals surface area contributed by atoms with Gasteiger partial charge in [-0.2, -0.15) is 0 Å². The number of aliphatic carboxylic acids is 1. The average Bonchev–Trinajstić information content (AvgIpc) is 2.61. The normalized spacial score (nSPS) is 16.2. The maximum atomic E-state index is 10.2. The van der Waals surface area contributed by atoms with E-state index in [2.05, 4.69) is 5.32 Å². The number of carboxylic acids is 1. The molecule has 1 aromatic rings. The Morgan fingerprint density at radius 2 is 1.56 bits per heavy atom. The van der Waals surface area contributed by atoms with Gasteiger partial charge >= 0.3 is 5.97 Å². The Bertz CT molecular complexity index is 522. The summed E-state index contributed by atoms with van der Waals surface area (Å²) in [5.41, 5.74) is 0.664. The van der Waals surface area contributed by atoms with Crippen molar-refractivity contribution >= 4 is 12.0 Å². The number of carbonyl (C=O) groups is 1. The van der Waals surface area contributed by atoms with Gasteiger partial charge in [0.25, 0.3) is 0 Å². The predicted octanol–water partition coefficient (Wildman–Crippen LogP) is -1.69. The summed E-state index contributed by atoms with van der Waals surface area (Å²) in [6.07, 6.45) is -4.45. The summed E-state index contributed by atoms with van der Waals surface area (Å²) in [6.45, 7) is -0.569. The van der Waals surface area contributed by atoms with E-state index in [9.17, 15) is 9.90 Å². The maximum Gasteiger partial charge on any atom is 0.370 e. The highest BCUT2D eigenvalue weighted by atomic mass is 16.4. The molecule has 0 heterocycles. The molecule has 0 amide bonds. The standard InChI is InChI=1S/C9H8O3.C7H17NO5/c10-8(9(11)12)6-7-4-2-1-3-5-7;1-8-2-4(10)6(12)7(13)5(11)3-9/h1-6,10H,(H,11,12);4-13H,2-3H2,1H3/t;4-,5+,6+,7+/m.0/s1. The number of likely N-dealkylation sites (N-methyl/N-ethyl adjacent to an activating group) is 1. The first-order chi connectivity index (χ1) is 11.7. The van der Waals surface area contributed by atoms with Crippen LogP contribution in [-0.2, 0) is 4.79 Å². The molecule has 0 spiro atoms. The molecule has 0 aliphatic heterocycles. The number of nitrogens with one attached hydrogen (secondary N) is 1. The van der Waals surface area contributed by atoms with E-state index in [4.69, 9.17) is 30.6 Å². The molecule has 25 heavy (non-hydrogen) atoms. The molecule has 0 saturated carbocycles. The molecule has 0 aromatic heterocycles. The number of hydrogen-bond acceptors (Lipinski definition) is 8. The van der Waals surface area contributed by atoms with Crippen LogP contribution in [0.25, 0.3) is 6.08 Å². The Labute approximate surface area is 145 Å². The van der Waals surface area contributed by atoms with Crippen LogP contribution in [0.5, 0.6) is 0 Å². The highest BCUT2D eigenvalue weighted by Crippen LogP contribution is 2.04. The molecule has 1 rings (SSSR count). The Kier molecular flexibility index (Phi) is 11.4. The molecule has 0 bridgehead atoms. The number of carboxylic acid groups (broad SMARTS) is 1. The number of hydrogen-bond donors (Lipinski definition) is 8. The van der Waals surface area contributed by atoms with Gasteiger partial charge in [0.15, 0.2) is 0 Å². The van der Waals surface area contributed by atoms with Gasteiger partial charge in [-0.05, 0) is 18.7 Å². The molecule has 0 aliphatic carbocycles. The van der Waals surface area contributed by atoms with Crippen LogP contribution in [0.2, 0.25) is 0 Å². The first kappa shape index (κ1) is 23.0. The Morgan fingerprint density at radius 1 is 1.04 bits per heavy atom. The zero-order valence-corrected chi connectivity index (χ0v) is 13.7. The molecule has 8 N–H and O–H groups in total. The molecular formula is C16H25NO8. The molecular weight excluding hydrogens is 334 g/mol. The van der Waals surface area contributed by atoms with Gasteiger partial charge in [-0.3, -0.25) is 0 Å². The van der Waals surface area contributed by atoms with Crippen molar-refractivity contribution in [2.24, 2.45) is 0 Å². The Morgan fingerprint density at radius 3 is 2.00 bits per heavy atom. The summed E-state index contributed by atoms with van der Waals surface area (Å²) in [5, 5.41) is 64.6. The van der Waals surface area contributed by atoms with Crippen LogP contribution in [0.3, 0.4) is 0 Å². The smallest absolute Gasteiger partial charge is 0.370 e. The van der Waals surface area contributed by atoms with E-state index in [0.717, 1.165) is 0 Å². The highest BCUT2D eigenvalue weighted by Gasteiger charge is 2.29. The van der Waals surface area contributed by atoms with Crippen molar-refractivity contribution in [2.45, 2.75) is 24.4 Å². The van der Waals surface area contributed by atoms with Crippen LogP contribution in [-0.4, -0.2) is 86.3 Å². The van der Waals surface area contributed by atoms with E-state index >= 15 is 0 Å². The number of benzene rings is 1. The third kappa shape index (κ3) is 9.15. The van der Waals surface area contributed by atoms with Crippen molar-refractivity contribution in [3.8, 4) is 0 Å². The minimum atomic E-state index is -1.55. The second kappa shape index (κ2) is 12.4. The summed E-state index contributed by atoms with van der Waals surface area (Å²) in [7, 11) is 1.57. The number of aliphatic hydroxyl groups excluding tert-OH is 6. The molecule has 0 radical (unpaired) electrons. The molecule has 4 atom stereocenters. The Hall–Kier alpha value is -2.01. The van der Waals surface area contributed by atoms with Gasteiger partial charge in [0.2, 0.25) is 5.76 Å². The molecule has 9 heteroatoms. The zero-order chi connectivity index (χ0) is 19.4. The monoisotopic (exact) mass is 359 g/mol. The summed E-state index contributed by atoms with van der Waals surface area (Å²) in [5.74, 6) is -1.97. The van der Waals surface area contributed by atoms with E-state index in [-0.39, 0.29) is 6.54 Å². The van der Waals surface area contributed by atoms with Gasteiger partial charge in [0, 0.05) is 6.54 Å². The summed E-state index contributed by atoms with van der Waals surface area (Å²) in [6, 6.07) is 8.76. The highest BCUT2D eigenvalue weighted by molar-refractivity contribution is 5.89. The zero-order valence-electron chi connectivity index (χ0n) is 13.7. The minimum Gasteiger partial charge on any atom is -0.502 e. The maximum absolute atomic E-state index is 10.2. The lowest BCUT2D eigenvalue weighted by Gasteiger charge is -2.25. The molecule has 0 saturated heterocycles. The largest absolute Gasteiger partial charge is 0.502 e.